The van der Waals surface area contributed by atoms with Crippen LogP contribution in [0, 0.1) is 12.8 Å². The maximum atomic E-state index is 12.4. The Hall–Kier alpha value is -0.710. The van der Waals surface area contributed by atoms with Gasteiger partial charge in [0.15, 0.2) is 5.78 Å². The summed E-state index contributed by atoms with van der Waals surface area (Å²) in [6.45, 7) is 9.03. The van der Waals surface area contributed by atoms with E-state index in [2.05, 4.69) is 26.1 Å². The van der Waals surface area contributed by atoms with Crippen LogP contribution in [0.4, 0.5) is 0 Å². The van der Waals surface area contributed by atoms with Crippen molar-refractivity contribution in [2.75, 3.05) is 32.7 Å². The summed E-state index contributed by atoms with van der Waals surface area (Å²) in [5, 5.41) is 3.33. The molecule has 1 aromatic carbocycles. The molecule has 1 unspecified atom stereocenters. The molecule has 19 heavy (non-hydrogen) atoms. The third-order valence-electron chi connectivity index (χ3n) is 3.63. The number of benzene rings is 1. The molecule has 1 saturated heterocycles. The lowest BCUT2D eigenvalue weighted by atomic mass is 9.97. The minimum Gasteiger partial charge on any atom is -0.314 e. The Morgan fingerprint density at radius 1 is 1.42 bits per heavy atom. The number of Topliss-reactive ketones (excluding diaryl/α,β-unsaturated/α-hetero) is 1. The fraction of sp³-hybridized carbons (Fsp3) is 0.533. The van der Waals surface area contributed by atoms with E-state index >= 15 is 0 Å². The molecule has 104 valence electrons. The van der Waals surface area contributed by atoms with E-state index in [9.17, 15) is 4.79 Å². The van der Waals surface area contributed by atoms with Crippen LogP contribution in [0.3, 0.4) is 0 Å². The van der Waals surface area contributed by atoms with E-state index in [0.717, 1.165) is 48.3 Å². The topological polar surface area (TPSA) is 32.3 Å². The Balaban J connectivity index is 1.99. The Labute approximate surface area is 123 Å². The van der Waals surface area contributed by atoms with Gasteiger partial charge in [0.05, 0.1) is 0 Å². The zero-order valence-electron chi connectivity index (χ0n) is 11.6. The number of ketones is 1. The summed E-state index contributed by atoms with van der Waals surface area (Å²) in [6.07, 6.45) is 0. The van der Waals surface area contributed by atoms with Crippen molar-refractivity contribution >= 4 is 21.7 Å². The van der Waals surface area contributed by atoms with Crippen molar-refractivity contribution in [3.05, 3.63) is 33.8 Å². The lowest BCUT2D eigenvalue weighted by Gasteiger charge is -2.29. The summed E-state index contributed by atoms with van der Waals surface area (Å²) in [5.74, 6) is 0.299. The summed E-state index contributed by atoms with van der Waals surface area (Å²) in [6, 6.07) is 5.84. The van der Waals surface area contributed by atoms with Crippen molar-refractivity contribution in [1.29, 1.82) is 0 Å². The van der Waals surface area contributed by atoms with E-state index in [1.54, 1.807) is 0 Å². The molecule has 0 aromatic heterocycles. The van der Waals surface area contributed by atoms with Gasteiger partial charge in [-0.2, -0.15) is 0 Å². The molecule has 0 radical (unpaired) electrons. The number of hydrogen-bond acceptors (Lipinski definition) is 3. The van der Waals surface area contributed by atoms with Crippen LogP contribution in [0.2, 0.25) is 0 Å². The van der Waals surface area contributed by atoms with Crippen LogP contribution in [-0.2, 0) is 0 Å². The molecule has 0 bridgehead atoms. The Morgan fingerprint density at radius 3 is 2.74 bits per heavy atom. The van der Waals surface area contributed by atoms with Gasteiger partial charge in [0.1, 0.15) is 0 Å². The molecule has 0 amide bonds. The number of aryl methyl sites for hydroxylation is 1. The molecule has 1 N–H and O–H groups in total. The van der Waals surface area contributed by atoms with Gasteiger partial charge in [-0.25, -0.2) is 0 Å². The number of rotatable bonds is 4. The quantitative estimate of drug-likeness (QED) is 0.863. The highest BCUT2D eigenvalue weighted by Crippen LogP contribution is 2.19. The van der Waals surface area contributed by atoms with Crippen LogP contribution in [0.5, 0.6) is 0 Å². The number of piperazine rings is 1. The molecule has 4 heteroatoms. The predicted molar refractivity (Wildman–Crippen MR) is 81.7 cm³/mol. The lowest BCUT2D eigenvalue weighted by Crippen LogP contribution is -2.45. The molecule has 1 heterocycles. The molecule has 0 aliphatic carbocycles. The summed E-state index contributed by atoms with van der Waals surface area (Å²) < 4.78 is 1.05. The highest BCUT2D eigenvalue weighted by atomic mass is 79.9. The summed E-state index contributed by atoms with van der Waals surface area (Å²) in [7, 11) is 0. The number of nitrogens with zero attached hydrogens (tertiary/aromatic N) is 1. The van der Waals surface area contributed by atoms with Gasteiger partial charge < -0.3 is 10.2 Å². The second kappa shape index (κ2) is 6.64. The number of halogens is 1. The Morgan fingerprint density at radius 2 is 2.11 bits per heavy atom. The highest BCUT2D eigenvalue weighted by Gasteiger charge is 2.20. The number of hydrogen-bond donors (Lipinski definition) is 1. The second-order valence-corrected chi connectivity index (χ2v) is 6.13. The van der Waals surface area contributed by atoms with E-state index in [4.69, 9.17) is 0 Å². The SMILES string of the molecule is Cc1cc(C(=O)C(C)CN2CCNCC2)ccc1Br. The molecular formula is C15H21BrN2O. The van der Waals surface area contributed by atoms with Crippen molar-refractivity contribution in [2.45, 2.75) is 13.8 Å². The molecule has 1 atom stereocenters. The molecule has 0 spiro atoms. The van der Waals surface area contributed by atoms with E-state index in [1.165, 1.54) is 0 Å². The minimum atomic E-state index is 0.0543. The van der Waals surface area contributed by atoms with Gasteiger partial charge in [0, 0.05) is 48.7 Å². The van der Waals surface area contributed by atoms with Gasteiger partial charge >= 0.3 is 0 Å². The number of carbonyl (C=O) groups is 1. The van der Waals surface area contributed by atoms with Crippen molar-refractivity contribution in [3.63, 3.8) is 0 Å². The number of nitrogens with one attached hydrogen (secondary N) is 1. The summed E-state index contributed by atoms with van der Waals surface area (Å²) in [4.78, 5) is 14.8. The van der Waals surface area contributed by atoms with Gasteiger partial charge in [0.25, 0.3) is 0 Å². The molecule has 0 saturated carbocycles. The lowest BCUT2D eigenvalue weighted by molar-refractivity contribution is 0.0887. The zero-order chi connectivity index (χ0) is 13.8. The minimum absolute atomic E-state index is 0.0543. The van der Waals surface area contributed by atoms with Gasteiger partial charge in [0.2, 0.25) is 0 Å². The van der Waals surface area contributed by atoms with Crippen molar-refractivity contribution in [1.82, 2.24) is 10.2 Å². The van der Waals surface area contributed by atoms with E-state index < -0.39 is 0 Å². The standard InChI is InChI=1S/C15H21BrN2O/c1-11-9-13(3-4-14(11)16)15(19)12(2)10-18-7-5-17-6-8-18/h3-4,9,12,17H,5-8,10H2,1-2H3. The van der Waals surface area contributed by atoms with Gasteiger partial charge in [-0.1, -0.05) is 28.9 Å². The first kappa shape index (κ1) is 14.7. The fourth-order valence-corrected chi connectivity index (χ4v) is 2.69. The maximum absolute atomic E-state index is 12.4. The van der Waals surface area contributed by atoms with Gasteiger partial charge in [-0.15, -0.1) is 0 Å². The molecular weight excluding hydrogens is 304 g/mol. The van der Waals surface area contributed by atoms with Crippen LogP contribution < -0.4 is 5.32 Å². The van der Waals surface area contributed by atoms with Crippen LogP contribution in [0.15, 0.2) is 22.7 Å². The van der Waals surface area contributed by atoms with Crippen LogP contribution in [0.1, 0.15) is 22.8 Å². The predicted octanol–water partition coefficient (Wildman–Crippen LogP) is 2.48. The molecule has 3 nitrogen and oxygen atoms in total. The van der Waals surface area contributed by atoms with E-state index in [1.807, 2.05) is 32.0 Å². The highest BCUT2D eigenvalue weighted by molar-refractivity contribution is 9.10. The smallest absolute Gasteiger partial charge is 0.166 e. The first-order valence-electron chi connectivity index (χ1n) is 6.81. The Bertz CT molecular complexity index is 455. The fourth-order valence-electron chi connectivity index (χ4n) is 2.45. The van der Waals surface area contributed by atoms with Crippen molar-refractivity contribution in [2.24, 2.45) is 5.92 Å². The van der Waals surface area contributed by atoms with Crippen LogP contribution in [0.25, 0.3) is 0 Å². The monoisotopic (exact) mass is 324 g/mol. The molecule has 1 aliphatic heterocycles. The third-order valence-corrected chi connectivity index (χ3v) is 4.52. The molecule has 1 aromatic rings. The van der Waals surface area contributed by atoms with E-state index in [-0.39, 0.29) is 11.7 Å². The first-order chi connectivity index (χ1) is 9.08. The molecule has 1 fully saturated rings. The van der Waals surface area contributed by atoms with Crippen LogP contribution in [-0.4, -0.2) is 43.4 Å². The van der Waals surface area contributed by atoms with E-state index in [0.29, 0.717) is 0 Å². The average molecular weight is 325 g/mol. The summed E-state index contributed by atoms with van der Waals surface area (Å²) >= 11 is 3.47. The zero-order valence-corrected chi connectivity index (χ0v) is 13.2. The van der Waals surface area contributed by atoms with Gasteiger partial charge in [-0.05, 0) is 24.6 Å². The molecule has 1 aliphatic rings. The van der Waals surface area contributed by atoms with Crippen molar-refractivity contribution in [3.8, 4) is 0 Å². The summed E-state index contributed by atoms with van der Waals surface area (Å²) in [5.41, 5.74) is 1.93. The maximum Gasteiger partial charge on any atom is 0.166 e. The normalized spacial score (nSPS) is 18.3. The largest absolute Gasteiger partial charge is 0.314 e. The van der Waals surface area contributed by atoms with Crippen molar-refractivity contribution < 1.29 is 4.79 Å². The third kappa shape index (κ3) is 3.88. The average Bonchev–Trinajstić information content (AvgIpc) is 2.42. The molecule has 2 rings (SSSR count). The first-order valence-corrected chi connectivity index (χ1v) is 7.60. The van der Waals surface area contributed by atoms with Crippen LogP contribution >= 0.6 is 15.9 Å². The second-order valence-electron chi connectivity index (χ2n) is 5.28. The number of carbonyl (C=O) groups excluding carboxylic acids is 1. The van der Waals surface area contributed by atoms with Gasteiger partial charge in [-0.3, -0.25) is 4.79 Å². The Kier molecular flexibility index (Phi) is 5.13.